The Bertz CT molecular complexity index is 180. The molecule has 0 aliphatic heterocycles. The van der Waals surface area contributed by atoms with Crippen molar-refractivity contribution >= 4 is 5.91 Å². The molecule has 1 aliphatic rings. The van der Waals surface area contributed by atoms with E-state index in [1.807, 2.05) is 0 Å². The van der Waals surface area contributed by atoms with Gasteiger partial charge in [0.2, 0.25) is 5.91 Å². The molecule has 4 nitrogen and oxygen atoms in total. The van der Waals surface area contributed by atoms with Crippen molar-refractivity contribution in [2.45, 2.75) is 31.7 Å². The van der Waals surface area contributed by atoms with Crippen molar-refractivity contribution in [1.29, 1.82) is 0 Å². The molecule has 1 fully saturated rings. The third kappa shape index (κ3) is 3.27. The first-order valence-corrected chi connectivity index (χ1v) is 5.42. The zero-order valence-electron chi connectivity index (χ0n) is 8.96. The average molecular weight is 199 g/mol. The van der Waals surface area contributed by atoms with Crippen LogP contribution in [0.5, 0.6) is 0 Å². The van der Waals surface area contributed by atoms with Crippen LogP contribution in [0.25, 0.3) is 0 Å². The fourth-order valence-electron chi connectivity index (χ4n) is 1.76. The molecule has 0 aromatic rings. The van der Waals surface area contributed by atoms with Crippen molar-refractivity contribution in [3.63, 3.8) is 0 Å². The number of hydrogen-bond acceptors (Lipinski definition) is 3. The molecular formula is C10H21N3O. The molecule has 82 valence electrons. The van der Waals surface area contributed by atoms with Gasteiger partial charge in [-0.25, -0.2) is 0 Å². The minimum Gasteiger partial charge on any atom is -0.359 e. The van der Waals surface area contributed by atoms with Crippen molar-refractivity contribution < 1.29 is 4.79 Å². The van der Waals surface area contributed by atoms with Crippen molar-refractivity contribution in [2.75, 3.05) is 26.7 Å². The molecule has 1 aliphatic carbocycles. The van der Waals surface area contributed by atoms with E-state index in [1.165, 1.54) is 19.3 Å². The summed E-state index contributed by atoms with van der Waals surface area (Å²) in [7, 11) is 1.68. The van der Waals surface area contributed by atoms with Crippen LogP contribution in [0.3, 0.4) is 0 Å². The average Bonchev–Trinajstić information content (AvgIpc) is 2.11. The van der Waals surface area contributed by atoms with Crippen LogP contribution in [0.1, 0.15) is 25.7 Å². The van der Waals surface area contributed by atoms with Crippen LogP contribution in [0.4, 0.5) is 0 Å². The van der Waals surface area contributed by atoms with Crippen LogP contribution in [0, 0.1) is 0 Å². The van der Waals surface area contributed by atoms with Gasteiger partial charge in [0.25, 0.3) is 0 Å². The summed E-state index contributed by atoms with van der Waals surface area (Å²) in [5, 5.41) is 2.64. The summed E-state index contributed by atoms with van der Waals surface area (Å²) < 4.78 is 0. The SMILES string of the molecule is CNC(=O)CCN(CCN)C1CCC1. The van der Waals surface area contributed by atoms with E-state index in [4.69, 9.17) is 5.73 Å². The maximum atomic E-state index is 11.1. The number of nitrogens with one attached hydrogen (secondary N) is 1. The fraction of sp³-hybridized carbons (Fsp3) is 0.900. The molecular weight excluding hydrogens is 178 g/mol. The van der Waals surface area contributed by atoms with Gasteiger partial charge in [-0.3, -0.25) is 9.69 Å². The van der Waals surface area contributed by atoms with E-state index >= 15 is 0 Å². The van der Waals surface area contributed by atoms with Crippen molar-refractivity contribution in [1.82, 2.24) is 10.2 Å². The van der Waals surface area contributed by atoms with Crippen LogP contribution >= 0.6 is 0 Å². The highest BCUT2D eigenvalue weighted by Gasteiger charge is 2.24. The zero-order valence-corrected chi connectivity index (χ0v) is 8.96. The van der Waals surface area contributed by atoms with E-state index in [1.54, 1.807) is 7.05 Å². The van der Waals surface area contributed by atoms with Crippen molar-refractivity contribution in [3.8, 4) is 0 Å². The molecule has 1 saturated carbocycles. The normalized spacial score (nSPS) is 16.8. The predicted molar refractivity (Wildman–Crippen MR) is 57.0 cm³/mol. The monoisotopic (exact) mass is 199 g/mol. The highest BCUT2D eigenvalue weighted by molar-refractivity contribution is 5.75. The highest BCUT2D eigenvalue weighted by atomic mass is 16.1. The first-order chi connectivity index (χ1) is 6.77. The fourth-order valence-corrected chi connectivity index (χ4v) is 1.76. The van der Waals surface area contributed by atoms with E-state index in [2.05, 4.69) is 10.2 Å². The second-order valence-electron chi connectivity index (χ2n) is 3.83. The van der Waals surface area contributed by atoms with E-state index in [0.717, 1.165) is 13.1 Å². The van der Waals surface area contributed by atoms with Crippen molar-refractivity contribution in [3.05, 3.63) is 0 Å². The van der Waals surface area contributed by atoms with Crippen LogP contribution in [0.2, 0.25) is 0 Å². The topological polar surface area (TPSA) is 58.4 Å². The van der Waals surface area contributed by atoms with Gasteiger partial charge in [0.05, 0.1) is 0 Å². The Morgan fingerprint density at radius 2 is 2.21 bits per heavy atom. The summed E-state index contributed by atoms with van der Waals surface area (Å²) in [5.74, 6) is 0.117. The number of carbonyl (C=O) groups excluding carboxylic acids is 1. The van der Waals surface area contributed by atoms with E-state index in [9.17, 15) is 4.79 Å². The summed E-state index contributed by atoms with van der Waals surface area (Å²) in [4.78, 5) is 13.4. The van der Waals surface area contributed by atoms with Crippen LogP contribution in [-0.4, -0.2) is 43.5 Å². The molecule has 1 rings (SSSR count). The Labute approximate surface area is 85.8 Å². The molecule has 0 aromatic carbocycles. The summed E-state index contributed by atoms with van der Waals surface area (Å²) in [6.45, 7) is 2.45. The number of nitrogens with two attached hydrogens (primary N) is 1. The number of amides is 1. The largest absolute Gasteiger partial charge is 0.359 e. The molecule has 0 aromatic heterocycles. The highest BCUT2D eigenvalue weighted by Crippen LogP contribution is 2.24. The van der Waals surface area contributed by atoms with Crippen LogP contribution in [0.15, 0.2) is 0 Å². The third-order valence-electron chi connectivity index (χ3n) is 2.91. The summed E-state index contributed by atoms with van der Waals surface area (Å²) in [5.41, 5.74) is 5.54. The lowest BCUT2D eigenvalue weighted by Crippen LogP contribution is -2.44. The quantitative estimate of drug-likeness (QED) is 0.630. The predicted octanol–water partition coefficient (Wildman–Crippen LogP) is -0.0643. The van der Waals surface area contributed by atoms with Gasteiger partial charge >= 0.3 is 0 Å². The lowest BCUT2D eigenvalue weighted by Gasteiger charge is -2.37. The van der Waals surface area contributed by atoms with Gasteiger partial charge in [0, 0.05) is 39.1 Å². The standard InChI is InChI=1S/C10H21N3O/c1-12-10(14)5-7-13(8-6-11)9-3-2-4-9/h9H,2-8,11H2,1H3,(H,12,14). The Balaban J connectivity index is 2.23. The van der Waals surface area contributed by atoms with Crippen LogP contribution < -0.4 is 11.1 Å². The van der Waals surface area contributed by atoms with Gasteiger partial charge in [-0.15, -0.1) is 0 Å². The first-order valence-electron chi connectivity index (χ1n) is 5.42. The molecule has 1 amide bonds. The van der Waals surface area contributed by atoms with Gasteiger partial charge in [0.15, 0.2) is 0 Å². The lowest BCUT2D eigenvalue weighted by atomic mass is 9.91. The number of carbonyl (C=O) groups is 1. The smallest absolute Gasteiger partial charge is 0.221 e. The molecule has 0 unspecified atom stereocenters. The molecule has 0 saturated heterocycles. The molecule has 3 N–H and O–H groups in total. The molecule has 0 bridgehead atoms. The maximum Gasteiger partial charge on any atom is 0.221 e. The Morgan fingerprint density at radius 3 is 2.64 bits per heavy atom. The number of hydrogen-bond donors (Lipinski definition) is 2. The van der Waals surface area contributed by atoms with Gasteiger partial charge in [-0.1, -0.05) is 6.42 Å². The molecule has 0 radical (unpaired) electrons. The van der Waals surface area contributed by atoms with E-state index < -0.39 is 0 Å². The maximum absolute atomic E-state index is 11.1. The second kappa shape index (κ2) is 5.98. The summed E-state index contributed by atoms with van der Waals surface area (Å²) in [6, 6.07) is 0.684. The minimum absolute atomic E-state index is 0.117. The molecule has 0 spiro atoms. The van der Waals surface area contributed by atoms with E-state index in [-0.39, 0.29) is 5.91 Å². The van der Waals surface area contributed by atoms with Gasteiger partial charge in [-0.2, -0.15) is 0 Å². The van der Waals surface area contributed by atoms with Gasteiger partial charge < -0.3 is 11.1 Å². The number of nitrogens with zero attached hydrogens (tertiary/aromatic N) is 1. The van der Waals surface area contributed by atoms with E-state index in [0.29, 0.717) is 19.0 Å². The molecule has 0 heterocycles. The molecule has 0 atom stereocenters. The third-order valence-corrected chi connectivity index (χ3v) is 2.91. The second-order valence-corrected chi connectivity index (χ2v) is 3.83. The molecule has 4 heteroatoms. The summed E-state index contributed by atoms with van der Waals surface area (Å²) in [6.07, 6.45) is 4.46. The van der Waals surface area contributed by atoms with Crippen molar-refractivity contribution in [2.24, 2.45) is 5.73 Å². The Hall–Kier alpha value is -0.610. The molecule has 14 heavy (non-hydrogen) atoms. The minimum atomic E-state index is 0.117. The van der Waals surface area contributed by atoms with Gasteiger partial charge in [-0.05, 0) is 12.8 Å². The Kier molecular flexibility index (Phi) is 4.90. The Morgan fingerprint density at radius 1 is 1.50 bits per heavy atom. The van der Waals surface area contributed by atoms with Gasteiger partial charge in [0.1, 0.15) is 0 Å². The number of rotatable bonds is 6. The first kappa shape index (κ1) is 11.5. The van der Waals surface area contributed by atoms with Crippen LogP contribution in [-0.2, 0) is 4.79 Å². The zero-order chi connectivity index (χ0) is 10.4. The summed E-state index contributed by atoms with van der Waals surface area (Å²) >= 11 is 0. The lowest BCUT2D eigenvalue weighted by molar-refractivity contribution is -0.121.